The first-order valence-corrected chi connectivity index (χ1v) is 6.39. The van der Waals surface area contributed by atoms with Crippen molar-refractivity contribution in [3.8, 4) is 0 Å². The highest BCUT2D eigenvalue weighted by molar-refractivity contribution is 7.13. The summed E-state index contributed by atoms with van der Waals surface area (Å²) in [6.45, 7) is 0.174. The minimum atomic E-state index is -4.41. The van der Waals surface area contributed by atoms with Crippen LogP contribution < -0.4 is 11.1 Å². The van der Waals surface area contributed by atoms with Crippen LogP contribution in [0.15, 0.2) is 29.6 Å². The second-order valence-electron chi connectivity index (χ2n) is 3.93. The number of nitrogens with two attached hydrogens (primary N) is 1. The van der Waals surface area contributed by atoms with Crippen LogP contribution in [0.3, 0.4) is 0 Å². The summed E-state index contributed by atoms with van der Waals surface area (Å²) >= 11 is 1.25. The summed E-state index contributed by atoms with van der Waals surface area (Å²) in [5.74, 6) is -0.467. The Balaban J connectivity index is 1.99. The van der Waals surface area contributed by atoms with Crippen LogP contribution >= 0.6 is 11.3 Å². The van der Waals surface area contributed by atoms with Crippen LogP contribution in [-0.2, 0) is 12.7 Å². The molecule has 0 aliphatic heterocycles. The van der Waals surface area contributed by atoms with Crippen molar-refractivity contribution in [2.45, 2.75) is 12.7 Å². The predicted octanol–water partition coefficient (Wildman–Crippen LogP) is 2.67. The Hall–Kier alpha value is -2.09. The Kier molecular flexibility index (Phi) is 3.93. The second kappa shape index (κ2) is 5.49. The lowest BCUT2D eigenvalue weighted by Crippen LogP contribution is -2.23. The molecule has 4 nitrogen and oxygen atoms in total. The molecule has 2 aromatic rings. The first-order valence-electron chi connectivity index (χ1n) is 5.51. The number of nitrogens with one attached hydrogen (secondary N) is 1. The van der Waals surface area contributed by atoms with Gasteiger partial charge in [0, 0.05) is 10.9 Å². The van der Waals surface area contributed by atoms with Crippen molar-refractivity contribution in [1.82, 2.24) is 10.3 Å². The summed E-state index contributed by atoms with van der Waals surface area (Å²) in [4.78, 5) is 15.7. The van der Waals surface area contributed by atoms with Crippen molar-refractivity contribution < 1.29 is 18.0 Å². The molecule has 0 radical (unpaired) electrons. The number of carbonyl (C=O) groups excluding carboxylic acids is 1. The Morgan fingerprint density at radius 2 is 1.95 bits per heavy atom. The maximum absolute atomic E-state index is 12.4. The van der Waals surface area contributed by atoms with E-state index in [9.17, 15) is 18.0 Å². The second-order valence-corrected chi connectivity index (χ2v) is 4.82. The van der Waals surface area contributed by atoms with E-state index in [2.05, 4.69) is 10.3 Å². The Morgan fingerprint density at radius 3 is 2.45 bits per heavy atom. The van der Waals surface area contributed by atoms with Gasteiger partial charge in [-0.2, -0.15) is 13.2 Å². The molecule has 0 fully saturated rings. The van der Waals surface area contributed by atoms with E-state index in [-0.39, 0.29) is 12.1 Å². The number of benzene rings is 1. The number of nitrogen functional groups attached to an aromatic ring is 1. The van der Waals surface area contributed by atoms with Gasteiger partial charge in [-0.3, -0.25) is 4.79 Å². The normalized spacial score (nSPS) is 11.3. The molecule has 0 saturated heterocycles. The fourth-order valence-corrected chi connectivity index (χ4v) is 2.05. The number of hydrogen-bond acceptors (Lipinski definition) is 4. The number of amides is 1. The number of hydrogen-bond donors (Lipinski definition) is 2. The number of thiazole rings is 1. The van der Waals surface area contributed by atoms with Crippen LogP contribution in [0.25, 0.3) is 0 Å². The zero-order valence-electron chi connectivity index (χ0n) is 10.1. The van der Waals surface area contributed by atoms with Gasteiger partial charge in [0.25, 0.3) is 5.91 Å². The number of anilines is 1. The van der Waals surface area contributed by atoms with E-state index in [0.717, 1.165) is 24.3 Å². The maximum Gasteiger partial charge on any atom is 0.416 e. The third-order valence-corrected chi connectivity index (χ3v) is 3.20. The van der Waals surface area contributed by atoms with Gasteiger partial charge in [0.2, 0.25) is 0 Å². The molecular weight excluding hydrogens is 291 g/mol. The fraction of sp³-hybridized carbons (Fsp3) is 0.167. The molecule has 106 valence electrons. The molecule has 1 amide bonds. The van der Waals surface area contributed by atoms with Crippen LogP contribution in [0, 0.1) is 0 Å². The third-order valence-electron chi connectivity index (χ3n) is 2.47. The van der Waals surface area contributed by atoms with E-state index in [4.69, 9.17) is 5.73 Å². The molecule has 0 aliphatic carbocycles. The Labute approximate surface area is 116 Å². The summed E-state index contributed by atoms with van der Waals surface area (Å²) < 4.78 is 37.1. The Morgan fingerprint density at radius 1 is 1.30 bits per heavy atom. The number of rotatable bonds is 3. The zero-order valence-corrected chi connectivity index (χ0v) is 10.9. The van der Waals surface area contributed by atoms with E-state index in [0.29, 0.717) is 10.8 Å². The van der Waals surface area contributed by atoms with Crippen molar-refractivity contribution in [1.29, 1.82) is 0 Å². The number of halogens is 3. The van der Waals surface area contributed by atoms with Gasteiger partial charge in [-0.1, -0.05) is 0 Å². The van der Waals surface area contributed by atoms with Crippen molar-refractivity contribution in [2.24, 2.45) is 0 Å². The van der Waals surface area contributed by atoms with Crippen molar-refractivity contribution in [2.75, 3.05) is 5.73 Å². The van der Waals surface area contributed by atoms with Gasteiger partial charge in [0.15, 0.2) is 5.13 Å². The quantitative estimate of drug-likeness (QED) is 0.916. The molecule has 1 heterocycles. The molecule has 8 heteroatoms. The molecular formula is C12H10F3N3OS. The van der Waals surface area contributed by atoms with Crippen LogP contribution in [0.1, 0.15) is 21.6 Å². The lowest BCUT2D eigenvalue weighted by Gasteiger charge is -2.07. The van der Waals surface area contributed by atoms with Gasteiger partial charge in [-0.25, -0.2) is 4.98 Å². The van der Waals surface area contributed by atoms with Gasteiger partial charge in [-0.05, 0) is 24.3 Å². The summed E-state index contributed by atoms with van der Waals surface area (Å²) in [5, 5.41) is 4.64. The number of carbonyl (C=O) groups is 1. The minimum absolute atomic E-state index is 0.154. The standard InChI is InChI=1S/C12H10F3N3OS/c13-12(14,15)8-3-1-7(2-4-8)10(19)17-5-9-6-20-11(16)18-9/h1-4,6H,5H2,(H2,16,18)(H,17,19). The van der Waals surface area contributed by atoms with E-state index in [1.165, 1.54) is 11.3 Å². The average Bonchev–Trinajstić information content (AvgIpc) is 2.81. The number of aromatic nitrogens is 1. The van der Waals surface area contributed by atoms with Gasteiger partial charge < -0.3 is 11.1 Å². The molecule has 0 aliphatic rings. The van der Waals surface area contributed by atoms with E-state index >= 15 is 0 Å². The van der Waals surface area contributed by atoms with Crippen molar-refractivity contribution in [3.63, 3.8) is 0 Å². The summed E-state index contributed by atoms with van der Waals surface area (Å²) in [7, 11) is 0. The van der Waals surface area contributed by atoms with Crippen LogP contribution in [0.5, 0.6) is 0 Å². The molecule has 2 rings (SSSR count). The highest BCUT2D eigenvalue weighted by Gasteiger charge is 2.30. The lowest BCUT2D eigenvalue weighted by molar-refractivity contribution is -0.137. The van der Waals surface area contributed by atoms with E-state index in [1.54, 1.807) is 5.38 Å². The first kappa shape index (κ1) is 14.3. The topological polar surface area (TPSA) is 68.0 Å². The smallest absolute Gasteiger partial charge is 0.375 e. The lowest BCUT2D eigenvalue weighted by atomic mass is 10.1. The van der Waals surface area contributed by atoms with E-state index < -0.39 is 17.6 Å². The van der Waals surface area contributed by atoms with Gasteiger partial charge >= 0.3 is 6.18 Å². The van der Waals surface area contributed by atoms with Gasteiger partial charge in [0.05, 0.1) is 17.8 Å². The largest absolute Gasteiger partial charge is 0.416 e. The van der Waals surface area contributed by atoms with E-state index in [1.807, 2.05) is 0 Å². The zero-order chi connectivity index (χ0) is 14.8. The Bertz CT molecular complexity index is 607. The van der Waals surface area contributed by atoms with Gasteiger partial charge in [0.1, 0.15) is 0 Å². The van der Waals surface area contributed by atoms with Gasteiger partial charge in [-0.15, -0.1) is 11.3 Å². The van der Waals surface area contributed by atoms with Crippen LogP contribution in [0.2, 0.25) is 0 Å². The molecule has 0 saturated carbocycles. The minimum Gasteiger partial charge on any atom is -0.375 e. The molecule has 0 atom stereocenters. The van der Waals surface area contributed by atoms with Crippen LogP contribution in [0.4, 0.5) is 18.3 Å². The average molecular weight is 301 g/mol. The fourth-order valence-electron chi connectivity index (χ4n) is 1.49. The number of alkyl halides is 3. The summed E-state index contributed by atoms with van der Waals surface area (Å²) in [5.41, 5.74) is 5.41. The molecule has 0 spiro atoms. The predicted molar refractivity (Wildman–Crippen MR) is 69.1 cm³/mol. The monoisotopic (exact) mass is 301 g/mol. The van der Waals surface area contributed by atoms with Crippen molar-refractivity contribution >= 4 is 22.4 Å². The summed E-state index contributed by atoms with van der Waals surface area (Å²) in [6, 6.07) is 4.01. The highest BCUT2D eigenvalue weighted by Crippen LogP contribution is 2.29. The van der Waals surface area contributed by atoms with Crippen LogP contribution in [-0.4, -0.2) is 10.9 Å². The first-order chi connectivity index (χ1) is 9.36. The SMILES string of the molecule is Nc1nc(CNC(=O)c2ccc(C(F)(F)F)cc2)cs1. The molecule has 0 bridgehead atoms. The molecule has 0 unspecified atom stereocenters. The van der Waals surface area contributed by atoms with Crippen molar-refractivity contribution in [3.05, 3.63) is 46.5 Å². The number of nitrogens with zero attached hydrogens (tertiary/aromatic N) is 1. The molecule has 3 N–H and O–H groups in total. The molecule has 1 aromatic carbocycles. The highest BCUT2D eigenvalue weighted by atomic mass is 32.1. The third kappa shape index (κ3) is 3.47. The molecule has 20 heavy (non-hydrogen) atoms. The summed E-state index contributed by atoms with van der Waals surface area (Å²) in [6.07, 6.45) is -4.41. The molecule has 1 aromatic heterocycles. The maximum atomic E-state index is 12.4.